The third kappa shape index (κ3) is 2.21. The summed E-state index contributed by atoms with van der Waals surface area (Å²) in [5, 5.41) is 0. The number of fused-ring (bicyclic) bond motifs is 2. The van der Waals surface area contributed by atoms with E-state index >= 15 is 0 Å². The highest BCUT2D eigenvalue weighted by atomic mass is 16.5. The van der Waals surface area contributed by atoms with Gasteiger partial charge in [0.15, 0.2) is 5.72 Å². The van der Waals surface area contributed by atoms with Crippen molar-refractivity contribution in [3.8, 4) is 5.75 Å². The number of ether oxygens (including phenoxy) is 2. The summed E-state index contributed by atoms with van der Waals surface area (Å²) in [6.45, 7) is 4.58. The molecule has 1 aliphatic carbocycles. The van der Waals surface area contributed by atoms with Gasteiger partial charge in [0.25, 0.3) is 0 Å². The zero-order valence-corrected chi connectivity index (χ0v) is 14.9. The van der Waals surface area contributed by atoms with Gasteiger partial charge in [-0.3, -0.25) is 9.59 Å². The fourth-order valence-corrected chi connectivity index (χ4v) is 5.21. The van der Waals surface area contributed by atoms with Crippen molar-refractivity contribution in [1.82, 2.24) is 4.90 Å². The van der Waals surface area contributed by atoms with Crippen LogP contribution in [0.15, 0.2) is 24.3 Å². The van der Waals surface area contributed by atoms with Crippen LogP contribution in [0.5, 0.6) is 5.75 Å². The molecule has 2 aliphatic heterocycles. The lowest BCUT2D eigenvalue weighted by atomic mass is 9.61. The predicted octanol–water partition coefficient (Wildman–Crippen LogP) is 3.09. The zero-order valence-electron chi connectivity index (χ0n) is 14.9. The zero-order chi connectivity index (χ0) is 17.6. The van der Waals surface area contributed by atoms with Crippen LogP contribution in [0.2, 0.25) is 0 Å². The second-order valence-electron chi connectivity index (χ2n) is 7.17. The molecule has 1 aromatic rings. The van der Waals surface area contributed by atoms with Crippen molar-refractivity contribution in [2.45, 2.75) is 51.2 Å². The molecule has 5 nitrogen and oxygen atoms in total. The fraction of sp³-hybridized carbons (Fsp3) is 0.600. The molecule has 2 bridgehead atoms. The number of likely N-dealkylation sites (tertiary alicyclic amines) is 1. The minimum absolute atomic E-state index is 0.140. The van der Waals surface area contributed by atoms with Gasteiger partial charge in [0, 0.05) is 24.8 Å². The van der Waals surface area contributed by atoms with Crippen LogP contribution in [0.3, 0.4) is 0 Å². The molecular formula is C20H25NO4. The summed E-state index contributed by atoms with van der Waals surface area (Å²) in [7, 11) is 0. The standard InChI is InChI=1S/C20H25NO4/c1-3-21-18(22)17(19(23)24-4-2)16-13-9-5-6-11-15(13)25-20(21)12-8-7-10-14(16)20/h5-6,9,11,14,16-17H,3-4,7-8,10,12H2,1-2H3/t14-,16+,17-,20+/m1/s1. The minimum atomic E-state index is -0.763. The highest BCUT2D eigenvalue weighted by molar-refractivity contribution is 6.00. The highest BCUT2D eigenvalue weighted by Gasteiger charge is 2.64. The Kier molecular flexibility index (Phi) is 3.97. The van der Waals surface area contributed by atoms with Crippen LogP contribution in [-0.4, -0.2) is 35.7 Å². The third-order valence-corrected chi connectivity index (χ3v) is 6.08. The van der Waals surface area contributed by atoms with Crippen molar-refractivity contribution in [3.05, 3.63) is 29.8 Å². The Morgan fingerprint density at radius 2 is 2.12 bits per heavy atom. The molecule has 0 N–H and O–H groups in total. The largest absolute Gasteiger partial charge is 0.467 e. The van der Waals surface area contributed by atoms with Crippen molar-refractivity contribution in [1.29, 1.82) is 0 Å². The fourth-order valence-electron chi connectivity index (χ4n) is 5.21. The molecule has 4 atom stereocenters. The van der Waals surface area contributed by atoms with E-state index in [1.807, 2.05) is 36.1 Å². The van der Waals surface area contributed by atoms with Crippen LogP contribution in [0.4, 0.5) is 0 Å². The second kappa shape index (κ2) is 6.04. The van der Waals surface area contributed by atoms with Crippen LogP contribution in [0.1, 0.15) is 51.0 Å². The summed E-state index contributed by atoms with van der Waals surface area (Å²) in [4.78, 5) is 27.8. The van der Waals surface area contributed by atoms with Crippen molar-refractivity contribution < 1.29 is 19.1 Å². The van der Waals surface area contributed by atoms with E-state index in [0.717, 1.165) is 37.0 Å². The minimum Gasteiger partial charge on any atom is -0.467 e. The maximum absolute atomic E-state index is 13.3. The van der Waals surface area contributed by atoms with Gasteiger partial charge in [-0.25, -0.2) is 0 Å². The predicted molar refractivity (Wildman–Crippen MR) is 92.0 cm³/mol. The molecule has 25 heavy (non-hydrogen) atoms. The Bertz CT molecular complexity index is 703. The van der Waals surface area contributed by atoms with Gasteiger partial charge in [0.1, 0.15) is 11.7 Å². The molecule has 3 aliphatic rings. The van der Waals surface area contributed by atoms with Gasteiger partial charge in [-0.1, -0.05) is 24.6 Å². The lowest BCUT2D eigenvalue weighted by Gasteiger charge is -2.60. The van der Waals surface area contributed by atoms with Crippen molar-refractivity contribution >= 4 is 11.9 Å². The molecule has 2 fully saturated rings. The monoisotopic (exact) mass is 343 g/mol. The quantitative estimate of drug-likeness (QED) is 0.625. The maximum Gasteiger partial charge on any atom is 0.319 e. The first-order valence-electron chi connectivity index (χ1n) is 9.40. The number of esters is 1. The topological polar surface area (TPSA) is 55.8 Å². The normalized spacial score (nSPS) is 33.1. The van der Waals surface area contributed by atoms with E-state index in [0.29, 0.717) is 6.54 Å². The number of carbonyl (C=O) groups is 2. The number of nitrogens with zero attached hydrogens (tertiary/aromatic N) is 1. The van der Waals surface area contributed by atoms with Gasteiger partial charge in [0.05, 0.1) is 6.61 Å². The molecule has 0 spiro atoms. The van der Waals surface area contributed by atoms with Gasteiger partial charge in [-0.05, 0) is 38.3 Å². The first kappa shape index (κ1) is 16.4. The van der Waals surface area contributed by atoms with Gasteiger partial charge in [0.2, 0.25) is 5.91 Å². The van der Waals surface area contributed by atoms with E-state index < -0.39 is 17.6 Å². The maximum atomic E-state index is 13.3. The summed E-state index contributed by atoms with van der Waals surface area (Å²) in [6, 6.07) is 7.86. The van der Waals surface area contributed by atoms with Crippen molar-refractivity contribution in [2.24, 2.45) is 11.8 Å². The van der Waals surface area contributed by atoms with E-state index in [1.54, 1.807) is 6.92 Å². The summed E-state index contributed by atoms with van der Waals surface area (Å²) >= 11 is 0. The average molecular weight is 343 g/mol. The number of amides is 1. The molecule has 0 radical (unpaired) electrons. The van der Waals surface area contributed by atoms with Gasteiger partial charge < -0.3 is 14.4 Å². The van der Waals surface area contributed by atoms with Gasteiger partial charge >= 0.3 is 5.97 Å². The second-order valence-corrected chi connectivity index (χ2v) is 7.17. The lowest BCUT2D eigenvalue weighted by Crippen LogP contribution is -2.70. The molecule has 1 amide bonds. The Hall–Kier alpha value is -2.04. The van der Waals surface area contributed by atoms with Crippen molar-refractivity contribution in [3.63, 3.8) is 0 Å². The number of rotatable bonds is 3. The Morgan fingerprint density at radius 3 is 2.88 bits per heavy atom. The van der Waals surface area contributed by atoms with E-state index in [-0.39, 0.29) is 24.3 Å². The molecule has 4 rings (SSSR count). The number of hydrogen-bond donors (Lipinski definition) is 0. The number of carbonyl (C=O) groups excluding carboxylic acids is 2. The van der Waals surface area contributed by atoms with Crippen LogP contribution in [0, 0.1) is 11.8 Å². The Balaban J connectivity index is 1.90. The first-order chi connectivity index (χ1) is 12.1. The van der Waals surface area contributed by atoms with E-state index in [4.69, 9.17) is 9.47 Å². The van der Waals surface area contributed by atoms with Crippen LogP contribution in [-0.2, 0) is 14.3 Å². The number of hydrogen-bond acceptors (Lipinski definition) is 4. The average Bonchev–Trinajstić information content (AvgIpc) is 2.61. The molecular weight excluding hydrogens is 318 g/mol. The van der Waals surface area contributed by atoms with Crippen LogP contribution < -0.4 is 4.74 Å². The van der Waals surface area contributed by atoms with Crippen molar-refractivity contribution in [2.75, 3.05) is 13.2 Å². The molecule has 134 valence electrons. The molecule has 0 unspecified atom stereocenters. The molecule has 5 heteroatoms. The number of benzene rings is 1. The van der Waals surface area contributed by atoms with E-state index in [2.05, 4.69) is 0 Å². The smallest absolute Gasteiger partial charge is 0.319 e. The van der Waals surface area contributed by atoms with Crippen LogP contribution >= 0.6 is 0 Å². The molecule has 0 aromatic heterocycles. The lowest BCUT2D eigenvalue weighted by molar-refractivity contribution is -0.210. The highest BCUT2D eigenvalue weighted by Crippen LogP contribution is 2.58. The SMILES string of the molecule is CCOC(=O)[C@H]1C(=O)N(CC)[C@]23CCCC[C@@H]2[C@@H]1c1ccccc1O3. The Morgan fingerprint density at radius 1 is 1.32 bits per heavy atom. The number of piperidine rings is 1. The van der Waals surface area contributed by atoms with E-state index in [9.17, 15) is 9.59 Å². The summed E-state index contributed by atoms with van der Waals surface area (Å²) in [5.41, 5.74) is 0.374. The molecule has 2 heterocycles. The first-order valence-corrected chi connectivity index (χ1v) is 9.40. The summed E-state index contributed by atoms with van der Waals surface area (Å²) in [6.07, 6.45) is 3.95. The molecule has 1 aromatic carbocycles. The van der Waals surface area contributed by atoms with Crippen LogP contribution in [0.25, 0.3) is 0 Å². The van der Waals surface area contributed by atoms with E-state index in [1.165, 1.54) is 0 Å². The Labute approximate surface area is 148 Å². The molecule has 1 saturated carbocycles. The molecule has 1 saturated heterocycles. The third-order valence-electron chi connectivity index (χ3n) is 6.08. The number of para-hydroxylation sites is 1. The van der Waals surface area contributed by atoms with Gasteiger partial charge in [-0.15, -0.1) is 0 Å². The summed E-state index contributed by atoms with van der Waals surface area (Å²) < 4.78 is 11.8. The summed E-state index contributed by atoms with van der Waals surface area (Å²) in [5.74, 6) is -0.500. The van der Waals surface area contributed by atoms with Gasteiger partial charge in [-0.2, -0.15) is 0 Å².